The summed E-state index contributed by atoms with van der Waals surface area (Å²) in [5.74, 6) is 0.844. The molecular formula is C28H26I2N2O3. The first-order valence-electron chi connectivity index (χ1n) is 11.3. The second kappa shape index (κ2) is 14.1. The minimum atomic E-state index is -0.382. The number of benzene rings is 3. The molecule has 0 aliphatic rings. The zero-order chi connectivity index (χ0) is 25.0. The molecule has 3 aromatic rings. The van der Waals surface area contributed by atoms with Crippen LogP contribution < -0.4 is 14.8 Å². The first-order valence-corrected chi connectivity index (χ1v) is 13.4. The molecule has 3 rings (SSSR count). The fraction of sp³-hybridized carbons (Fsp3) is 0.214. The van der Waals surface area contributed by atoms with E-state index in [2.05, 4.69) is 62.6 Å². The largest absolute Gasteiger partial charge is 0.490 e. The number of ether oxygens (including phenoxy) is 2. The summed E-state index contributed by atoms with van der Waals surface area (Å²) in [7, 11) is 0. The van der Waals surface area contributed by atoms with Crippen molar-refractivity contribution in [1.29, 1.82) is 5.26 Å². The number of carbonyl (C=O) groups excluding carboxylic acids is 1. The van der Waals surface area contributed by atoms with Gasteiger partial charge in [0.2, 0.25) is 0 Å². The monoisotopic (exact) mass is 692 g/mol. The zero-order valence-electron chi connectivity index (χ0n) is 19.4. The van der Waals surface area contributed by atoms with Gasteiger partial charge in [-0.15, -0.1) is 0 Å². The van der Waals surface area contributed by atoms with Crippen molar-refractivity contribution in [3.8, 4) is 17.6 Å². The fourth-order valence-electron chi connectivity index (χ4n) is 3.36. The number of nitriles is 1. The number of carbonyl (C=O) groups is 1. The number of nitrogens with one attached hydrogen (secondary N) is 1. The Morgan fingerprint density at radius 3 is 2.46 bits per heavy atom. The van der Waals surface area contributed by atoms with Crippen molar-refractivity contribution in [3.05, 3.63) is 96.1 Å². The van der Waals surface area contributed by atoms with Crippen LogP contribution in [0.25, 0.3) is 6.08 Å². The Labute approximate surface area is 233 Å². The van der Waals surface area contributed by atoms with Crippen molar-refractivity contribution in [3.63, 3.8) is 0 Å². The molecule has 35 heavy (non-hydrogen) atoms. The van der Waals surface area contributed by atoms with Gasteiger partial charge in [-0.2, -0.15) is 5.26 Å². The molecule has 5 nitrogen and oxygen atoms in total. The molecule has 0 aliphatic carbocycles. The topological polar surface area (TPSA) is 71.3 Å². The van der Waals surface area contributed by atoms with Crippen LogP contribution in [-0.4, -0.2) is 19.1 Å². The highest BCUT2D eigenvalue weighted by atomic mass is 127. The van der Waals surface area contributed by atoms with E-state index < -0.39 is 0 Å². The van der Waals surface area contributed by atoms with E-state index in [4.69, 9.17) is 9.47 Å². The maximum atomic E-state index is 12.6. The van der Waals surface area contributed by atoms with Gasteiger partial charge >= 0.3 is 0 Å². The first kappa shape index (κ1) is 27.0. The quantitative estimate of drug-likeness (QED) is 0.108. The van der Waals surface area contributed by atoms with E-state index in [1.807, 2.05) is 61.5 Å². The SMILES string of the molecule is CCOc1cc(/C=C(/C#N)C(=O)NCCCc2ccccc2)cc(I)c1OCc1ccc(I)cc1. The van der Waals surface area contributed by atoms with Gasteiger partial charge in [0.05, 0.1) is 10.2 Å². The van der Waals surface area contributed by atoms with Gasteiger partial charge < -0.3 is 14.8 Å². The van der Waals surface area contributed by atoms with E-state index in [0.717, 1.165) is 22.0 Å². The molecule has 0 bridgehead atoms. The van der Waals surface area contributed by atoms with Gasteiger partial charge in [0.1, 0.15) is 18.2 Å². The van der Waals surface area contributed by atoms with E-state index in [1.54, 1.807) is 12.1 Å². The smallest absolute Gasteiger partial charge is 0.261 e. The number of aryl methyl sites for hydroxylation is 1. The molecule has 3 aromatic carbocycles. The van der Waals surface area contributed by atoms with Crippen LogP contribution in [0.4, 0.5) is 0 Å². The third-order valence-corrected chi connectivity index (χ3v) is 6.60. The highest BCUT2D eigenvalue weighted by Gasteiger charge is 2.14. The van der Waals surface area contributed by atoms with Crippen molar-refractivity contribution >= 4 is 57.2 Å². The van der Waals surface area contributed by atoms with E-state index in [0.29, 0.717) is 36.8 Å². The van der Waals surface area contributed by atoms with Crippen LogP contribution in [0, 0.1) is 18.5 Å². The van der Waals surface area contributed by atoms with Gasteiger partial charge in [-0.05, 0) is 112 Å². The van der Waals surface area contributed by atoms with Crippen molar-refractivity contribution in [2.75, 3.05) is 13.2 Å². The van der Waals surface area contributed by atoms with Crippen molar-refractivity contribution in [2.45, 2.75) is 26.4 Å². The molecule has 0 saturated carbocycles. The molecule has 0 unspecified atom stereocenters. The molecule has 0 fully saturated rings. The zero-order valence-corrected chi connectivity index (χ0v) is 23.7. The summed E-state index contributed by atoms with van der Waals surface area (Å²) in [5.41, 5.74) is 3.04. The molecule has 0 saturated heterocycles. The van der Waals surface area contributed by atoms with Crippen LogP contribution in [0.5, 0.6) is 11.5 Å². The normalized spacial score (nSPS) is 11.0. The third-order valence-electron chi connectivity index (χ3n) is 5.07. The molecule has 0 heterocycles. The fourth-order valence-corrected chi connectivity index (χ4v) is 4.50. The predicted octanol–water partition coefficient (Wildman–Crippen LogP) is 6.53. The van der Waals surface area contributed by atoms with Crippen molar-refractivity contribution in [1.82, 2.24) is 5.32 Å². The molecule has 180 valence electrons. The summed E-state index contributed by atoms with van der Waals surface area (Å²) >= 11 is 4.46. The molecule has 7 heteroatoms. The lowest BCUT2D eigenvalue weighted by atomic mass is 10.1. The standard InChI is InChI=1S/C28H26I2N2O3/c1-2-34-26-17-22(16-25(30)27(26)35-19-21-10-12-24(29)13-11-21)15-23(18-31)28(33)32-14-6-9-20-7-4-3-5-8-20/h3-5,7-8,10-13,15-17H,2,6,9,14,19H2,1H3,(H,32,33)/b23-15-. The molecule has 0 aromatic heterocycles. The maximum Gasteiger partial charge on any atom is 0.261 e. The number of hydrogen-bond acceptors (Lipinski definition) is 4. The number of rotatable bonds is 11. The van der Waals surface area contributed by atoms with Crippen LogP contribution >= 0.6 is 45.2 Å². The molecule has 1 N–H and O–H groups in total. The first-order chi connectivity index (χ1) is 17.0. The minimum absolute atomic E-state index is 0.0514. The number of hydrogen-bond donors (Lipinski definition) is 1. The Bertz CT molecular complexity index is 1200. The van der Waals surface area contributed by atoms with Crippen LogP contribution in [0.1, 0.15) is 30.0 Å². The summed E-state index contributed by atoms with van der Waals surface area (Å²) in [6.45, 7) is 3.29. The predicted molar refractivity (Wildman–Crippen MR) is 155 cm³/mol. The molecule has 0 spiro atoms. The number of nitrogens with zero attached hydrogens (tertiary/aromatic N) is 1. The Morgan fingerprint density at radius 1 is 1.03 bits per heavy atom. The lowest BCUT2D eigenvalue weighted by Crippen LogP contribution is -2.25. The van der Waals surface area contributed by atoms with E-state index in [1.165, 1.54) is 9.13 Å². The van der Waals surface area contributed by atoms with E-state index >= 15 is 0 Å². The molecule has 0 atom stereocenters. The van der Waals surface area contributed by atoms with Crippen LogP contribution in [0.15, 0.2) is 72.3 Å². The molecule has 0 aliphatic heterocycles. The summed E-state index contributed by atoms with van der Waals surface area (Å²) in [4.78, 5) is 12.6. The summed E-state index contributed by atoms with van der Waals surface area (Å²) < 4.78 is 13.9. The maximum absolute atomic E-state index is 12.6. The van der Waals surface area contributed by atoms with E-state index in [-0.39, 0.29) is 11.5 Å². The Hall–Kier alpha value is -2.58. The lowest BCUT2D eigenvalue weighted by molar-refractivity contribution is -0.117. The van der Waals surface area contributed by atoms with Crippen LogP contribution in [-0.2, 0) is 17.8 Å². The minimum Gasteiger partial charge on any atom is -0.490 e. The van der Waals surface area contributed by atoms with Gasteiger partial charge in [0.25, 0.3) is 5.91 Å². The van der Waals surface area contributed by atoms with Crippen molar-refractivity contribution in [2.24, 2.45) is 0 Å². The van der Waals surface area contributed by atoms with Gasteiger partial charge in [-0.1, -0.05) is 42.5 Å². The number of halogens is 2. The summed E-state index contributed by atoms with van der Waals surface area (Å²) in [6.07, 6.45) is 3.25. The van der Waals surface area contributed by atoms with Gasteiger partial charge in [0, 0.05) is 10.1 Å². The second-order valence-corrected chi connectivity index (χ2v) is 10.1. The lowest BCUT2D eigenvalue weighted by Gasteiger charge is -2.15. The van der Waals surface area contributed by atoms with Gasteiger partial charge in [-0.3, -0.25) is 4.79 Å². The third kappa shape index (κ3) is 8.54. The highest BCUT2D eigenvalue weighted by molar-refractivity contribution is 14.1. The van der Waals surface area contributed by atoms with Crippen LogP contribution in [0.3, 0.4) is 0 Å². The molecule has 1 amide bonds. The highest BCUT2D eigenvalue weighted by Crippen LogP contribution is 2.35. The number of amides is 1. The average Bonchev–Trinajstić information content (AvgIpc) is 2.86. The van der Waals surface area contributed by atoms with E-state index in [9.17, 15) is 10.1 Å². The van der Waals surface area contributed by atoms with Gasteiger partial charge in [-0.25, -0.2) is 0 Å². The molecular weight excluding hydrogens is 666 g/mol. The van der Waals surface area contributed by atoms with Gasteiger partial charge in [0.15, 0.2) is 11.5 Å². The summed E-state index contributed by atoms with van der Waals surface area (Å²) in [5, 5.41) is 12.4. The Morgan fingerprint density at radius 2 is 1.77 bits per heavy atom. The molecule has 0 radical (unpaired) electrons. The second-order valence-electron chi connectivity index (χ2n) is 7.69. The Balaban J connectivity index is 1.68. The Kier molecular flexibility index (Phi) is 10.9. The summed E-state index contributed by atoms with van der Waals surface area (Å²) in [6, 6.07) is 24.0. The average molecular weight is 692 g/mol. The van der Waals surface area contributed by atoms with Crippen molar-refractivity contribution < 1.29 is 14.3 Å². The van der Waals surface area contributed by atoms with Crippen LogP contribution in [0.2, 0.25) is 0 Å².